The molecule has 0 spiro atoms. The molecule has 1 aromatic rings. The number of anilines is 1. The Balaban J connectivity index is 1.74. The van der Waals surface area contributed by atoms with Crippen LogP contribution in [-0.4, -0.2) is 42.3 Å². The molecule has 1 aromatic heterocycles. The van der Waals surface area contributed by atoms with E-state index in [1.165, 1.54) is 11.1 Å². The third kappa shape index (κ3) is 3.72. The Kier molecular flexibility index (Phi) is 5.04. The first-order valence-corrected chi connectivity index (χ1v) is 9.63. The number of allylic oxidation sites excluding steroid dienone is 4. The lowest BCUT2D eigenvalue weighted by Gasteiger charge is -2.30. The van der Waals surface area contributed by atoms with Gasteiger partial charge in [-0.1, -0.05) is 17.7 Å². The van der Waals surface area contributed by atoms with E-state index in [1.807, 2.05) is 6.08 Å². The SMILES string of the molecule is FC1CCN(c2nc3c(c(C4=CC=C(Cl)CC4)n2)CCNCC3)CC1. The maximum Gasteiger partial charge on any atom is 0.226 e. The second kappa shape index (κ2) is 7.42. The zero-order chi connectivity index (χ0) is 17.2. The van der Waals surface area contributed by atoms with Crippen LogP contribution in [0.3, 0.4) is 0 Å². The molecule has 0 radical (unpaired) electrons. The molecule has 4 nitrogen and oxygen atoms in total. The van der Waals surface area contributed by atoms with Crippen molar-refractivity contribution < 1.29 is 4.39 Å². The van der Waals surface area contributed by atoms with Crippen LogP contribution in [0, 0.1) is 0 Å². The second-order valence-corrected chi connectivity index (χ2v) is 7.50. The Morgan fingerprint density at radius 2 is 1.84 bits per heavy atom. The largest absolute Gasteiger partial charge is 0.341 e. The Morgan fingerprint density at radius 1 is 1.04 bits per heavy atom. The van der Waals surface area contributed by atoms with Crippen LogP contribution in [0.5, 0.6) is 0 Å². The normalized spacial score (nSPS) is 22.1. The zero-order valence-corrected chi connectivity index (χ0v) is 15.2. The van der Waals surface area contributed by atoms with Gasteiger partial charge in [0.05, 0.1) is 11.4 Å². The summed E-state index contributed by atoms with van der Waals surface area (Å²) in [6.07, 6.45) is 8.19. The summed E-state index contributed by atoms with van der Waals surface area (Å²) in [5.41, 5.74) is 4.73. The summed E-state index contributed by atoms with van der Waals surface area (Å²) in [5.74, 6) is 0.768. The van der Waals surface area contributed by atoms with Crippen LogP contribution in [0.2, 0.25) is 0 Å². The summed E-state index contributed by atoms with van der Waals surface area (Å²) in [6.45, 7) is 3.30. The zero-order valence-electron chi connectivity index (χ0n) is 14.4. The van der Waals surface area contributed by atoms with Gasteiger partial charge in [-0.2, -0.15) is 0 Å². The molecule has 4 rings (SSSR count). The molecule has 1 saturated heterocycles. The van der Waals surface area contributed by atoms with Crippen molar-refractivity contribution >= 4 is 23.1 Å². The first-order chi connectivity index (χ1) is 12.2. The number of fused-ring (bicyclic) bond motifs is 1. The highest BCUT2D eigenvalue weighted by molar-refractivity contribution is 6.29. The first kappa shape index (κ1) is 17.0. The molecule has 0 unspecified atom stereocenters. The summed E-state index contributed by atoms with van der Waals surface area (Å²) in [7, 11) is 0. The molecule has 1 aliphatic carbocycles. The molecular formula is C19H24ClFN4. The minimum absolute atomic E-state index is 0.568. The molecule has 3 aliphatic rings. The van der Waals surface area contributed by atoms with Crippen LogP contribution in [-0.2, 0) is 12.8 Å². The monoisotopic (exact) mass is 362 g/mol. The molecule has 0 bridgehead atoms. The fraction of sp³-hybridized carbons (Fsp3) is 0.579. The Morgan fingerprint density at radius 3 is 2.60 bits per heavy atom. The lowest BCUT2D eigenvalue weighted by molar-refractivity contribution is 0.276. The quantitative estimate of drug-likeness (QED) is 0.875. The van der Waals surface area contributed by atoms with E-state index in [4.69, 9.17) is 21.6 Å². The highest BCUT2D eigenvalue weighted by Gasteiger charge is 2.25. The predicted octanol–water partition coefficient (Wildman–Crippen LogP) is 3.40. The van der Waals surface area contributed by atoms with Crippen LogP contribution < -0.4 is 10.2 Å². The lowest BCUT2D eigenvalue weighted by atomic mass is 9.95. The fourth-order valence-electron chi connectivity index (χ4n) is 3.80. The van der Waals surface area contributed by atoms with Gasteiger partial charge in [0.1, 0.15) is 6.17 Å². The maximum absolute atomic E-state index is 13.5. The number of nitrogens with one attached hydrogen (secondary N) is 1. The van der Waals surface area contributed by atoms with Gasteiger partial charge in [0.15, 0.2) is 0 Å². The van der Waals surface area contributed by atoms with Crippen LogP contribution in [0.4, 0.5) is 10.3 Å². The van der Waals surface area contributed by atoms with Crippen LogP contribution in [0.1, 0.15) is 42.6 Å². The Bertz CT molecular complexity index is 708. The minimum Gasteiger partial charge on any atom is -0.341 e. The van der Waals surface area contributed by atoms with Gasteiger partial charge in [-0.3, -0.25) is 0 Å². The van der Waals surface area contributed by atoms with Crippen molar-refractivity contribution in [1.82, 2.24) is 15.3 Å². The van der Waals surface area contributed by atoms with E-state index in [9.17, 15) is 4.39 Å². The molecular weight excluding hydrogens is 339 g/mol. The average molecular weight is 363 g/mol. The third-order valence-corrected chi connectivity index (χ3v) is 5.60. The molecule has 2 aliphatic heterocycles. The van der Waals surface area contributed by atoms with E-state index in [0.717, 1.165) is 61.1 Å². The molecule has 0 atom stereocenters. The highest BCUT2D eigenvalue weighted by Crippen LogP contribution is 2.32. The molecule has 134 valence electrons. The van der Waals surface area contributed by atoms with Crippen molar-refractivity contribution in [2.45, 2.75) is 44.7 Å². The van der Waals surface area contributed by atoms with E-state index < -0.39 is 6.17 Å². The number of aromatic nitrogens is 2. The van der Waals surface area contributed by atoms with Crippen molar-refractivity contribution in [1.29, 1.82) is 0 Å². The highest BCUT2D eigenvalue weighted by atomic mass is 35.5. The van der Waals surface area contributed by atoms with Gasteiger partial charge < -0.3 is 10.2 Å². The molecule has 0 saturated carbocycles. The molecule has 25 heavy (non-hydrogen) atoms. The van der Waals surface area contributed by atoms with Gasteiger partial charge in [0.25, 0.3) is 0 Å². The van der Waals surface area contributed by atoms with Gasteiger partial charge in [0, 0.05) is 36.7 Å². The van der Waals surface area contributed by atoms with Crippen molar-refractivity contribution in [3.8, 4) is 0 Å². The van der Waals surface area contributed by atoms with Gasteiger partial charge in [0.2, 0.25) is 5.95 Å². The molecule has 0 aromatic carbocycles. The molecule has 0 amide bonds. The molecule has 1 fully saturated rings. The number of hydrogen-bond donors (Lipinski definition) is 1. The number of rotatable bonds is 2. The van der Waals surface area contributed by atoms with Crippen molar-refractivity contribution in [2.24, 2.45) is 0 Å². The molecule has 3 heterocycles. The summed E-state index contributed by atoms with van der Waals surface area (Å²) >= 11 is 6.14. The smallest absolute Gasteiger partial charge is 0.226 e. The number of halogens is 2. The maximum atomic E-state index is 13.5. The number of hydrogen-bond acceptors (Lipinski definition) is 4. The third-order valence-electron chi connectivity index (χ3n) is 5.28. The van der Waals surface area contributed by atoms with Gasteiger partial charge in [-0.25, -0.2) is 14.4 Å². The minimum atomic E-state index is -0.686. The van der Waals surface area contributed by atoms with Gasteiger partial charge in [-0.05, 0) is 50.3 Å². The Labute approximate surface area is 153 Å². The molecule has 6 heteroatoms. The van der Waals surface area contributed by atoms with Crippen LogP contribution >= 0.6 is 11.6 Å². The summed E-state index contributed by atoms with van der Waals surface area (Å²) in [4.78, 5) is 12.0. The van der Waals surface area contributed by atoms with Gasteiger partial charge in [-0.15, -0.1) is 0 Å². The number of piperidine rings is 1. The van der Waals surface area contributed by atoms with Crippen molar-refractivity contribution in [3.05, 3.63) is 34.1 Å². The Hall–Kier alpha value is -1.46. The number of nitrogens with zero attached hydrogens (tertiary/aromatic N) is 3. The van der Waals surface area contributed by atoms with Crippen molar-refractivity contribution in [2.75, 3.05) is 31.1 Å². The van der Waals surface area contributed by atoms with E-state index in [2.05, 4.69) is 16.3 Å². The van der Waals surface area contributed by atoms with E-state index in [0.29, 0.717) is 25.9 Å². The summed E-state index contributed by atoms with van der Waals surface area (Å²) in [6, 6.07) is 0. The van der Waals surface area contributed by atoms with E-state index >= 15 is 0 Å². The second-order valence-electron chi connectivity index (χ2n) is 7.01. The number of alkyl halides is 1. The standard InChI is InChI=1S/C19H24ClFN4/c20-14-3-1-13(2-4-14)18-16-5-9-22-10-6-17(16)23-19(24-18)25-11-7-15(21)8-12-25/h1,3,15,22H,2,4-12H2. The average Bonchev–Trinajstić information content (AvgIpc) is 2.88. The summed E-state index contributed by atoms with van der Waals surface area (Å²) in [5, 5.41) is 4.35. The van der Waals surface area contributed by atoms with E-state index in [1.54, 1.807) is 0 Å². The van der Waals surface area contributed by atoms with Crippen LogP contribution in [0.15, 0.2) is 17.2 Å². The predicted molar refractivity (Wildman–Crippen MR) is 99.8 cm³/mol. The molecule has 1 N–H and O–H groups in total. The topological polar surface area (TPSA) is 41.1 Å². The van der Waals surface area contributed by atoms with Crippen molar-refractivity contribution in [3.63, 3.8) is 0 Å². The fourth-order valence-corrected chi connectivity index (χ4v) is 3.95. The first-order valence-electron chi connectivity index (χ1n) is 9.26. The van der Waals surface area contributed by atoms with Crippen LogP contribution in [0.25, 0.3) is 5.57 Å². The lowest BCUT2D eigenvalue weighted by Crippen LogP contribution is -2.36. The van der Waals surface area contributed by atoms with Gasteiger partial charge >= 0.3 is 0 Å². The van der Waals surface area contributed by atoms with E-state index in [-0.39, 0.29) is 0 Å². The summed E-state index contributed by atoms with van der Waals surface area (Å²) < 4.78 is 13.5.